The highest BCUT2D eigenvalue weighted by molar-refractivity contribution is 7.99. The molecule has 2 rings (SSSR count). The van der Waals surface area contributed by atoms with Crippen LogP contribution in [0.3, 0.4) is 0 Å². The van der Waals surface area contributed by atoms with Gasteiger partial charge in [-0.25, -0.2) is 0 Å². The number of benzene rings is 1. The van der Waals surface area contributed by atoms with Crippen molar-refractivity contribution in [1.82, 2.24) is 4.90 Å². The number of ether oxygens (including phenoxy) is 2. The molecule has 25 heavy (non-hydrogen) atoms. The van der Waals surface area contributed by atoms with E-state index in [0.29, 0.717) is 18.1 Å². The molecule has 2 unspecified atom stereocenters. The maximum Gasteiger partial charge on any atom is 0.224 e. The predicted octanol–water partition coefficient (Wildman–Crippen LogP) is 4.74. The van der Waals surface area contributed by atoms with Gasteiger partial charge in [-0.05, 0) is 23.8 Å². The third-order valence-electron chi connectivity index (χ3n) is 4.39. The zero-order valence-electron chi connectivity index (χ0n) is 16.3. The smallest absolute Gasteiger partial charge is 0.224 e. The van der Waals surface area contributed by atoms with E-state index in [1.807, 2.05) is 23.1 Å². The number of carbonyl (C=O) groups excluding carboxylic acids is 1. The minimum Gasteiger partial charge on any atom is -0.493 e. The highest BCUT2D eigenvalue weighted by Gasteiger charge is 2.34. The van der Waals surface area contributed by atoms with Gasteiger partial charge in [-0.2, -0.15) is 0 Å². The summed E-state index contributed by atoms with van der Waals surface area (Å²) in [6.45, 7) is 9.64. The summed E-state index contributed by atoms with van der Waals surface area (Å²) in [5.74, 6) is 3.00. The fourth-order valence-electron chi connectivity index (χ4n) is 3.62. The van der Waals surface area contributed by atoms with Crippen molar-refractivity contribution in [3.8, 4) is 11.5 Å². The Morgan fingerprint density at radius 2 is 2.04 bits per heavy atom. The fraction of sp³-hybridized carbons (Fsp3) is 0.650. The zero-order valence-corrected chi connectivity index (χ0v) is 17.1. The molecule has 1 aliphatic rings. The largest absolute Gasteiger partial charge is 0.493 e. The highest BCUT2D eigenvalue weighted by atomic mass is 32.2. The number of hydrogen-bond acceptors (Lipinski definition) is 4. The molecular weight excluding hydrogens is 334 g/mol. The van der Waals surface area contributed by atoms with Crippen molar-refractivity contribution in [2.24, 2.45) is 11.3 Å². The summed E-state index contributed by atoms with van der Waals surface area (Å²) in [4.78, 5) is 14.9. The second kappa shape index (κ2) is 8.35. The van der Waals surface area contributed by atoms with Gasteiger partial charge in [-0.1, -0.05) is 39.8 Å². The zero-order chi connectivity index (χ0) is 18.6. The molecule has 140 valence electrons. The molecular formula is C20H31NO3S. The summed E-state index contributed by atoms with van der Waals surface area (Å²) in [7, 11) is 3.29. The minimum atomic E-state index is -0.000568. The molecule has 0 aliphatic carbocycles. The van der Waals surface area contributed by atoms with Crippen molar-refractivity contribution < 1.29 is 14.3 Å². The molecule has 1 saturated heterocycles. The highest BCUT2D eigenvalue weighted by Crippen LogP contribution is 2.45. The number of carbonyl (C=O) groups is 1. The molecule has 5 heteroatoms. The molecule has 1 heterocycles. The Kier molecular flexibility index (Phi) is 6.66. The van der Waals surface area contributed by atoms with Crippen LogP contribution in [0.4, 0.5) is 0 Å². The number of thioether (sulfide) groups is 1. The topological polar surface area (TPSA) is 38.8 Å². The number of hydrogen-bond donors (Lipinski definition) is 0. The standard InChI is InChI=1S/C20H31NO3S/c1-14(13-20(2,3)4)12-17(22)21-10-11-25-19(21)15-8-7-9-16(23-5)18(15)24-6/h7-9,14,19H,10-13H2,1-6H3. The molecule has 2 atom stereocenters. The van der Waals surface area contributed by atoms with Crippen LogP contribution in [0.5, 0.6) is 11.5 Å². The van der Waals surface area contributed by atoms with Gasteiger partial charge in [0.15, 0.2) is 11.5 Å². The van der Waals surface area contributed by atoms with Gasteiger partial charge in [0.1, 0.15) is 5.37 Å². The van der Waals surface area contributed by atoms with Crippen molar-refractivity contribution in [3.63, 3.8) is 0 Å². The SMILES string of the molecule is COc1cccc(C2SCCN2C(=O)CC(C)CC(C)(C)C)c1OC. The lowest BCUT2D eigenvalue weighted by Crippen LogP contribution is -2.32. The first-order valence-electron chi connectivity index (χ1n) is 8.88. The number of para-hydroxylation sites is 1. The van der Waals surface area contributed by atoms with Gasteiger partial charge in [0, 0.05) is 24.3 Å². The molecule has 1 fully saturated rings. The minimum absolute atomic E-state index is 0.000568. The average Bonchev–Trinajstić information content (AvgIpc) is 3.01. The monoisotopic (exact) mass is 365 g/mol. The second-order valence-electron chi connectivity index (χ2n) is 7.97. The first-order chi connectivity index (χ1) is 11.8. The van der Waals surface area contributed by atoms with E-state index in [1.165, 1.54) is 0 Å². The summed E-state index contributed by atoms with van der Waals surface area (Å²) in [5.41, 5.74) is 1.26. The molecule has 1 aliphatic heterocycles. The second-order valence-corrected chi connectivity index (χ2v) is 9.16. The normalized spacial score (nSPS) is 19.0. The number of amides is 1. The van der Waals surface area contributed by atoms with Crippen LogP contribution in [0, 0.1) is 11.3 Å². The summed E-state index contributed by atoms with van der Waals surface area (Å²) >= 11 is 1.79. The van der Waals surface area contributed by atoms with Crippen LogP contribution < -0.4 is 9.47 Å². The molecule has 0 radical (unpaired) electrons. The van der Waals surface area contributed by atoms with E-state index in [1.54, 1.807) is 26.0 Å². The van der Waals surface area contributed by atoms with Gasteiger partial charge >= 0.3 is 0 Å². The Morgan fingerprint density at radius 3 is 2.64 bits per heavy atom. The maximum absolute atomic E-state index is 12.9. The van der Waals surface area contributed by atoms with Gasteiger partial charge < -0.3 is 14.4 Å². The third-order valence-corrected chi connectivity index (χ3v) is 5.64. The van der Waals surface area contributed by atoms with E-state index in [-0.39, 0.29) is 16.7 Å². The van der Waals surface area contributed by atoms with Gasteiger partial charge in [-0.15, -0.1) is 11.8 Å². The van der Waals surface area contributed by atoms with Crippen LogP contribution in [0.1, 0.15) is 51.5 Å². The summed E-state index contributed by atoms with van der Waals surface area (Å²) in [6.07, 6.45) is 1.65. The van der Waals surface area contributed by atoms with Gasteiger partial charge in [0.25, 0.3) is 0 Å². The van der Waals surface area contributed by atoms with Crippen LogP contribution in [-0.2, 0) is 4.79 Å². The van der Waals surface area contributed by atoms with E-state index in [0.717, 1.165) is 30.0 Å². The van der Waals surface area contributed by atoms with Gasteiger partial charge in [-0.3, -0.25) is 4.79 Å². The molecule has 0 aromatic heterocycles. The molecule has 0 spiro atoms. The predicted molar refractivity (Wildman–Crippen MR) is 104 cm³/mol. The Labute approximate surface area is 156 Å². The molecule has 0 N–H and O–H groups in total. The Morgan fingerprint density at radius 1 is 1.32 bits per heavy atom. The van der Waals surface area contributed by atoms with Crippen molar-refractivity contribution in [3.05, 3.63) is 23.8 Å². The first kappa shape index (κ1) is 20.0. The lowest BCUT2D eigenvalue weighted by Gasteiger charge is -2.28. The van der Waals surface area contributed by atoms with E-state index >= 15 is 0 Å². The Bertz CT molecular complexity index is 597. The summed E-state index contributed by atoms with van der Waals surface area (Å²) in [5, 5.41) is -0.000568. The molecule has 1 aromatic carbocycles. The fourth-order valence-corrected chi connectivity index (χ4v) is 4.92. The number of nitrogens with zero attached hydrogens (tertiary/aromatic N) is 1. The van der Waals surface area contributed by atoms with Crippen LogP contribution in [-0.4, -0.2) is 37.3 Å². The van der Waals surface area contributed by atoms with Crippen LogP contribution in [0.2, 0.25) is 0 Å². The van der Waals surface area contributed by atoms with Crippen molar-refractivity contribution in [2.75, 3.05) is 26.5 Å². The van der Waals surface area contributed by atoms with E-state index < -0.39 is 0 Å². The maximum atomic E-state index is 12.9. The molecule has 4 nitrogen and oxygen atoms in total. The Balaban J connectivity index is 2.16. The average molecular weight is 366 g/mol. The van der Waals surface area contributed by atoms with Crippen LogP contribution in [0.15, 0.2) is 18.2 Å². The molecule has 0 bridgehead atoms. The molecule has 1 amide bonds. The van der Waals surface area contributed by atoms with E-state index in [4.69, 9.17) is 9.47 Å². The summed E-state index contributed by atoms with van der Waals surface area (Å²) < 4.78 is 11.0. The van der Waals surface area contributed by atoms with E-state index in [9.17, 15) is 4.79 Å². The van der Waals surface area contributed by atoms with Crippen molar-refractivity contribution >= 4 is 17.7 Å². The van der Waals surface area contributed by atoms with Crippen molar-refractivity contribution in [2.45, 2.75) is 45.9 Å². The number of rotatable bonds is 6. The van der Waals surface area contributed by atoms with Gasteiger partial charge in [0.05, 0.1) is 14.2 Å². The lowest BCUT2D eigenvalue weighted by molar-refractivity contribution is -0.132. The van der Waals surface area contributed by atoms with Crippen LogP contribution in [0.25, 0.3) is 0 Å². The molecule has 1 aromatic rings. The van der Waals surface area contributed by atoms with Crippen molar-refractivity contribution in [1.29, 1.82) is 0 Å². The third kappa shape index (κ3) is 5.06. The molecule has 0 saturated carbocycles. The van der Waals surface area contributed by atoms with Crippen LogP contribution >= 0.6 is 11.8 Å². The first-order valence-corrected chi connectivity index (χ1v) is 9.93. The quantitative estimate of drug-likeness (QED) is 0.730. The Hall–Kier alpha value is -1.36. The van der Waals surface area contributed by atoms with Gasteiger partial charge in [0.2, 0.25) is 5.91 Å². The summed E-state index contributed by atoms with van der Waals surface area (Å²) in [6, 6.07) is 5.88. The van der Waals surface area contributed by atoms with E-state index in [2.05, 4.69) is 27.7 Å². The lowest BCUT2D eigenvalue weighted by atomic mass is 9.84. The number of methoxy groups -OCH3 is 2.